The zero-order chi connectivity index (χ0) is 36.3. The van der Waals surface area contributed by atoms with E-state index in [1.54, 1.807) is 12.3 Å². The number of hydrogen-bond donors (Lipinski definition) is 3. The van der Waals surface area contributed by atoms with Gasteiger partial charge in [-0.05, 0) is 92.7 Å². The minimum atomic E-state index is -1.12. The third kappa shape index (κ3) is 6.09. The minimum absolute atomic E-state index is 0.0463. The summed E-state index contributed by atoms with van der Waals surface area (Å²) in [4.78, 5) is 38.7. The van der Waals surface area contributed by atoms with Gasteiger partial charge in [0.15, 0.2) is 10.8 Å². The van der Waals surface area contributed by atoms with Crippen molar-refractivity contribution in [1.82, 2.24) is 24.7 Å². The lowest BCUT2D eigenvalue weighted by molar-refractivity contribution is -0.152. The van der Waals surface area contributed by atoms with Crippen molar-refractivity contribution in [2.45, 2.75) is 84.3 Å². The molecule has 52 heavy (non-hydrogen) atoms. The highest BCUT2D eigenvalue weighted by Gasteiger charge is 2.55. The van der Waals surface area contributed by atoms with Crippen molar-refractivity contribution in [2.75, 3.05) is 12.4 Å². The minimum Gasteiger partial charge on any atom is -0.476 e. The molecule has 0 radical (unpaired) electrons. The van der Waals surface area contributed by atoms with Crippen LogP contribution in [0.3, 0.4) is 0 Å². The van der Waals surface area contributed by atoms with Crippen LogP contribution in [-0.2, 0) is 11.3 Å². The average Bonchev–Trinajstić information content (AvgIpc) is 3.83. The number of H-pyrrole nitrogens is 1. The molecule has 4 heterocycles. The maximum absolute atomic E-state index is 13.4. The van der Waals surface area contributed by atoms with Crippen LogP contribution >= 0.6 is 11.3 Å². The molecule has 3 atom stereocenters. The summed E-state index contributed by atoms with van der Waals surface area (Å²) in [5.74, 6) is -1.40. The van der Waals surface area contributed by atoms with Crippen molar-refractivity contribution in [2.24, 2.45) is 10.8 Å². The first-order chi connectivity index (χ1) is 25.0. The highest BCUT2D eigenvalue weighted by molar-refractivity contribution is 7.22. The predicted octanol–water partition coefficient (Wildman–Crippen LogP) is 9.51. The van der Waals surface area contributed by atoms with Crippen LogP contribution in [0.5, 0.6) is 0 Å². The first kappa shape index (κ1) is 34.2. The number of benzene rings is 2. The zero-order valence-electron chi connectivity index (χ0n) is 30.1. The largest absolute Gasteiger partial charge is 0.476 e. The standard InChI is InChI=1S/C41H44N6O4S/c1-5-16-41(51-4)22-39(3)17-9-18-40(21-39,23-41)24-47-25(2)29(20-42-47)27-14-15-30(43-35(27)37(49)50)32-19-26-10-8-11-28(34(26)44-32)36(48)46-38-45-31-12-6-7-13-33(31)52-38/h6-8,10-15,19-20,44H,5,9,16-18,21-24H2,1-4H3,(H,49,50)(H,45,46,48). The molecule has 1 amide bonds. The van der Waals surface area contributed by atoms with Gasteiger partial charge in [-0.2, -0.15) is 5.10 Å². The number of ether oxygens (including phenoxy) is 1. The van der Waals surface area contributed by atoms with Gasteiger partial charge < -0.3 is 14.8 Å². The molecule has 2 saturated carbocycles. The van der Waals surface area contributed by atoms with E-state index >= 15 is 0 Å². The number of carboxylic acid groups (broad SMARTS) is 1. The number of nitrogens with one attached hydrogen (secondary N) is 2. The van der Waals surface area contributed by atoms with Crippen LogP contribution in [0.1, 0.15) is 91.8 Å². The summed E-state index contributed by atoms with van der Waals surface area (Å²) in [6.07, 6.45) is 10.8. The smallest absolute Gasteiger partial charge is 0.355 e. The van der Waals surface area contributed by atoms with E-state index < -0.39 is 5.97 Å². The molecule has 2 bridgehead atoms. The second-order valence-electron chi connectivity index (χ2n) is 15.4. The molecule has 11 heteroatoms. The lowest BCUT2D eigenvalue weighted by Crippen LogP contribution is -2.53. The van der Waals surface area contributed by atoms with E-state index in [4.69, 9.17) is 9.84 Å². The van der Waals surface area contributed by atoms with Crippen molar-refractivity contribution in [1.29, 1.82) is 0 Å². The number of rotatable bonds is 10. The number of hydrogen-bond acceptors (Lipinski definition) is 7. The van der Waals surface area contributed by atoms with Gasteiger partial charge in [0, 0.05) is 35.9 Å². The molecule has 268 valence electrons. The highest BCUT2D eigenvalue weighted by atomic mass is 32.1. The maximum Gasteiger partial charge on any atom is 0.355 e. The Kier molecular flexibility index (Phi) is 8.53. The van der Waals surface area contributed by atoms with Gasteiger partial charge in [-0.3, -0.25) is 14.8 Å². The van der Waals surface area contributed by atoms with E-state index in [1.165, 1.54) is 24.2 Å². The zero-order valence-corrected chi connectivity index (χ0v) is 30.9. The Morgan fingerprint density at radius 3 is 2.67 bits per heavy atom. The number of anilines is 1. The van der Waals surface area contributed by atoms with Crippen molar-refractivity contribution in [3.63, 3.8) is 0 Å². The maximum atomic E-state index is 13.4. The third-order valence-electron chi connectivity index (χ3n) is 11.5. The number of methoxy groups -OCH3 is 1. The van der Waals surface area contributed by atoms with Crippen molar-refractivity contribution in [3.8, 4) is 22.5 Å². The summed E-state index contributed by atoms with van der Waals surface area (Å²) >= 11 is 1.42. The monoisotopic (exact) mass is 716 g/mol. The fraction of sp³-hybridized carbons (Fsp3) is 0.390. The Labute approximate surface area is 306 Å². The molecule has 2 aromatic carbocycles. The number of fused-ring (bicyclic) bond motifs is 4. The number of aromatic nitrogens is 5. The number of carboxylic acids is 1. The second kappa shape index (κ2) is 13.0. The number of aromatic amines is 1. The fourth-order valence-electron chi connectivity index (χ4n) is 9.62. The van der Waals surface area contributed by atoms with Crippen LogP contribution in [0.25, 0.3) is 43.6 Å². The van der Waals surface area contributed by atoms with Crippen LogP contribution in [0, 0.1) is 17.8 Å². The van der Waals surface area contributed by atoms with E-state index in [0.29, 0.717) is 33.2 Å². The third-order valence-corrected chi connectivity index (χ3v) is 12.5. The lowest BCUT2D eigenvalue weighted by Gasteiger charge is -2.58. The molecule has 2 aliphatic carbocycles. The normalized spacial score (nSPS) is 22.9. The van der Waals surface area contributed by atoms with Gasteiger partial charge in [0.1, 0.15) is 0 Å². The van der Waals surface area contributed by atoms with Crippen molar-refractivity contribution in [3.05, 3.63) is 83.8 Å². The SMILES string of the molecule is CCCC1(OC)CC2(C)CCCC(Cn3ncc(-c4ccc(-c5cc6cccc(C(=O)Nc7nc8ccccc8s7)c6[nH]5)nc4C(=O)O)c3C)(C2)C1. The van der Waals surface area contributed by atoms with E-state index in [-0.39, 0.29) is 28.0 Å². The van der Waals surface area contributed by atoms with E-state index in [9.17, 15) is 14.7 Å². The quantitative estimate of drug-likeness (QED) is 0.129. The van der Waals surface area contributed by atoms with Crippen molar-refractivity contribution < 1.29 is 19.4 Å². The van der Waals surface area contributed by atoms with Crippen molar-refractivity contribution >= 4 is 49.5 Å². The number of amides is 1. The molecule has 4 aromatic heterocycles. The van der Waals surface area contributed by atoms with E-state index in [2.05, 4.69) is 38.8 Å². The number of carbonyl (C=O) groups excluding carboxylic acids is 1. The molecule has 0 spiro atoms. The molecule has 2 fully saturated rings. The molecule has 3 unspecified atom stereocenters. The Morgan fingerprint density at radius 1 is 1.04 bits per heavy atom. The first-order valence-corrected chi connectivity index (χ1v) is 19.0. The molecule has 0 aliphatic heterocycles. The Bertz CT molecular complexity index is 2310. The molecule has 3 N–H and O–H groups in total. The molecule has 0 saturated heterocycles. The Hall–Kier alpha value is -4.87. The van der Waals surface area contributed by atoms with Crippen LogP contribution < -0.4 is 5.32 Å². The summed E-state index contributed by atoms with van der Waals surface area (Å²) in [6, 6.07) is 18.8. The Morgan fingerprint density at radius 2 is 1.88 bits per heavy atom. The predicted molar refractivity (Wildman–Crippen MR) is 205 cm³/mol. The molecule has 10 nitrogen and oxygen atoms in total. The topological polar surface area (TPSA) is 135 Å². The summed E-state index contributed by atoms with van der Waals surface area (Å²) in [7, 11) is 1.88. The average molecular weight is 717 g/mol. The van der Waals surface area contributed by atoms with Gasteiger partial charge in [-0.1, -0.05) is 62.3 Å². The van der Waals surface area contributed by atoms with Gasteiger partial charge in [0.2, 0.25) is 0 Å². The number of nitrogens with zero attached hydrogens (tertiary/aromatic N) is 4. The Balaban J connectivity index is 1.08. The number of pyridine rings is 1. The van der Waals surface area contributed by atoms with Crippen LogP contribution in [0.4, 0.5) is 5.13 Å². The summed E-state index contributed by atoms with van der Waals surface area (Å²) in [6.45, 7) is 7.48. The number of thiazole rings is 1. The molecule has 6 aromatic rings. The number of carbonyl (C=O) groups is 2. The van der Waals surface area contributed by atoms with Gasteiger partial charge in [0.05, 0.1) is 44.5 Å². The molecule has 8 rings (SSSR count). The van der Waals surface area contributed by atoms with Gasteiger partial charge in [-0.15, -0.1) is 0 Å². The summed E-state index contributed by atoms with van der Waals surface area (Å²) in [5, 5.41) is 19.5. The lowest BCUT2D eigenvalue weighted by atomic mass is 9.51. The van der Waals surface area contributed by atoms with Crippen LogP contribution in [-0.4, -0.2) is 54.4 Å². The molecular weight excluding hydrogens is 673 g/mol. The molecule has 2 aliphatic rings. The van der Waals surface area contributed by atoms with Gasteiger partial charge in [0.25, 0.3) is 5.91 Å². The highest BCUT2D eigenvalue weighted by Crippen LogP contribution is 2.61. The van der Waals surface area contributed by atoms with Gasteiger partial charge in [-0.25, -0.2) is 14.8 Å². The van der Waals surface area contributed by atoms with E-state index in [1.807, 2.05) is 68.6 Å². The number of aromatic carboxylic acids is 1. The van der Waals surface area contributed by atoms with Crippen LogP contribution in [0.2, 0.25) is 0 Å². The summed E-state index contributed by atoms with van der Waals surface area (Å²) < 4.78 is 9.39. The summed E-state index contributed by atoms with van der Waals surface area (Å²) in [5.41, 5.74) is 5.36. The molecular formula is C41H44N6O4S. The number of para-hydroxylation sites is 2. The second-order valence-corrected chi connectivity index (χ2v) is 16.5. The first-order valence-electron chi connectivity index (χ1n) is 18.1. The van der Waals surface area contributed by atoms with Gasteiger partial charge >= 0.3 is 5.97 Å². The van der Waals surface area contributed by atoms with Crippen LogP contribution in [0.15, 0.2) is 66.9 Å². The van der Waals surface area contributed by atoms with E-state index in [0.717, 1.165) is 71.9 Å². The fourth-order valence-corrected chi connectivity index (χ4v) is 10.5.